The number of aldehydes is 1. The van der Waals surface area contributed by atoms with Gasteiger partial charge in [-0.1, -0.05) is 6.92 Å². The van der Waals surface area contributed by atoms with E-state index in [4.69, 9.17) is 0 Å². The maximum absolute atomic E-state index is 9.17. The molecule has 0 saturated carbocycles. The number of carbonyl (C=O) groups excluding carboxylic acids is 1. The minimum atomic E-state index is 0. The Kier molecular flexibility index (Phi) is 41.5. The fraction of sp³-hybridized carbons (Fsp3) is 0.667. The molecular formula is C3H8Na2O. The second kappa shape index (κ2) is 15.9. The number of hydrogen-bond donors (Lipinski definition) is 0. The summed E-state index contributed by atoms with van der Waals surface area (Å²) in [7, 11) is 0. The average molecular weight is 106 g/mol. The van der Waals surface area contributed by atoms with E-state index >= 15 is 0 Å². The van der Waals surface area contributed by atoms with Gasteiger partial charge in [-0.05, 0) is 0 Å². The van der Waals surface area contributed by atoms with Crippen molar-refractivity contribution in [3.63, 3.8) is 0 Å². The third-order valence-corrected chi connectivity index (χ3v) is 0.167. The fourth-order valence-electron chi connectivity index (χ4n) is 0. The zero-order valence-corrected chi connectivity index (χ0v) is 2.69. The Hall–Kier alpha value is 1.67. The van der Waals surface area contributed by atoms with Gasteiger partial charge >= 0.3 is 59.1 Å². The van der Waals surface area contributed by atoms with Gasteiger partial charge in [0.15, 0.2) is 0 Å². The van der Waals surface area contributed by atoms with Crippen LogP contribution in [0.15, 0.2) is 0 Å². The summed E-state index contributed by atoms with van der Waals surface area (Å²) < 4.78 is 0. The van der Waals surface area contributed by atoms with Crippen molar-refractivity contribution in [2.24, 2.45) is 0 Å². The van der Waals surface area contributed by atoms with Crippen LogP contribution in [-0.2, 0) is 4.79 Å². The topological polar surface area (TPSA) is 17.1 Å². The van der Waals surface area contributed by atoms with Gasteiger partial charge in [0.1, 0.15) is 6.29 Å². The molecule has 0 aliphatic heterocycles. The molecule has 0 aromatic carbocycles. The summed E-state index contributed by atoms with van der Waals surface area (Å²) in [5.41, 5.74) is 0. The van der Waals surface area contributed by atoms with Gasteiger partial charge in [0, 0.05) is 6.42 Å². The second-order valence-electron chi connectivity index (χ2n) is 0.575. The van der Waals surface area contributed by atoms with E-state index < -0.39 is 0 Å². The molecule has 0 atom stereocenters. The van der Waals surface area contributed by atoms with Crippen LogP contribution in [-0.4, -0.2) is 65.4 Å². The van der Waals surface area contributed by atoms with E-state index in [0.29, 0.717) is 6.42 Å². The van der Waals surface area contributed by atoms with Crippen molar-refractivity contribution in [3.8, 4) is 0 Å². The summed E-state index contributed by atoms with van der Waals surface area (Å²) in [4.78, 5) is 9.17. The average Bonchev–Trinajstić information content (AvgIpc) is 1.37. The molecule has 0 heterocycles. The van der Waals surface area contributed by atoms with Crippen LogP contribution in [0.5, 0.6) is 0 Å². The van der Waals surface area contributed by atoms with Crippen molar-refractivity contribution in [1.82, 2.24) is 0 Å². The van der Waals surface area contributed by atoms with E-state index in [2.05, 4.69) is 0 Å². The second-order valence-corrected chi connectivity index (χ2v) is 0.575. The predicted molar refractivity (Wildman–Crippen MR) is 30.7 cm³/mol. The quantitative estimate of drug-likeness (QED) is 0.319. The predicted octanol–water partition coefficient (Wildman–Crippen LogP) is -0.702. The molecule has 0 radical (unpaired) electrons. The summed E-state index contributed by atoms with van der Waals surface area (Å²) in [6.07, 6.45) is 1.51. The molecule has 0 aromatic heterocycles. The summed E-state index contributed by atoms with van der Waals surface area (Å²) in [5, 5.41) is 0. The molecule has 0 aromatic rings. The molecular weight excluding hydrogens is 98.0 g/mol. The van der Waals surface area contributed by atoms with Crippen LogP contribution < -0.4 is 0 Å². The maximum atomic E-state index is 9.17. The van der Waals surface area contributed by atoms with Gasteiger partial charge in [-0.25, -0.2) is 0 Å². The summed E-state index contributed by atoms with van der Waals surface area (Å²) in [6.45, 7) is 1.81. The minimum absolute atomic E-state index is 0. The third kappa shape index (κ3) is 17.3. The Balaban J connectivity index is -0.0000000450. The fourth-order valence-corrected chi connectivity index (χ4v) is 0. The SMILES string of the molecule is CCC=O.[NaH].[NaH]. The van der Waals surface area contributed by atoms with Crippen LogP contribution in [0.25, 0.3) is 0 Å². The Morgan fingerprint density at radius 3 is 1.67 bits per heavy atom. The first-order valence-corrected chi connectivity index (χ1v) is 1.35. The van der Waals surface area contributed by atoms with Crippen LogP contribution in [0.2, 0.25) is 0 Å². The van der Waals surface area contributed by atoms with Gasteiger partial charge in [-0.2, -0.15) is 0 Å². The molecule has 3 heteroatoms. The molecule has 6 heavy (non-hydrogen) atoms. The number of rotatable bonds is 1. The normalized spacial score (nSPS) is 4.17. The van der Waals surface area contributed by atoms with Crippen LogP contribution in [0.1, 0.15) is 13.3 Å². The molecule has 0 aliphatic rings. The van der Waals surface area contributed by atoms with Gasteiger partial charge in [-0.3, -0.25) is 0 Å². The Morgan fingerprint density at radius 1 is 1.50 bits per heavy atom. The molecule has 0 N–H and O–H groups in total. The molecule has 0 aliphatic carbocycles. The molecule has 0 fully saturated rings. The first-order chi connectivity index (χ1) is 1.91. The molecule has 1 nitrogen and oxygen atoms in total. The molecule has 0 unspecified atom stereocenters. The molecule has 0 saturated heterocycles. The summed E-state index contributed by atoms with van der Waals surface area (Å²) in [6, 6.07) is 0. The third-order valence-electron chi connectivity index (χ3n) is 0.167. The van der Waals surface area contributed by atoms with Crippen LogP contribution >= 0.6 is 0 Å². The molecule has 0 spiro atoms. The van der Waals surface area contributed by atoms with E-state index in [1.165, 1.54) is 0 Å². The standard InChI is InChI=1S/C3H6O.2Na.2H/c1-2-3-4;;;;/h3H,2H2,1H3;;;;. The van der Waals surface area contributed by atoms with Gasteiger partial charge in [0.25, 0.3) is 0 Å². The van der Waals surface area contributed by atoms with Crippen LogP contribution in [0, 0.1) is 0 Å². The van der Waals surface area contributed by atoms with Crippen molar-refractivity contribution in [2.45, 2.75) is 13.3 Å². The van der Waals surface area contributed by atoms with Crippen LogP contribution in [0.4, 0.5) is 0 Å². The molecule has 0 amide bonds. The van der Waals surface area contributed by atoms with E-state index in [0.717, 1.165) is 6.29 Å². The van der Waals surface area contributed by atoms with Crippen molar-refractivity contribution in [3.05, 3.63) is 0 Å². The Bertz CT molecular complexity index is 22.8. The molecule has 0 bridgehead atoms. The monoisotopic (exact) mass is 106 g/mol. The zero-order chi connectivity index (χ0) is 3.41. The van der Waals surface area contributed by atoms with E-state index in [9.17, 15) is 4.79 Å². The van der Waals surface area contributed by atoms with Gasteiger partial charge in [0.2, 0.25) is 0 Å². The van der Waals surface area contributed by atoms with Crippen molar-refractivity contribution in [1.29, 1.82) is 0 Å². The van der Waals surface area contributed by atoms with Crippen LogP contribution in [0.3, 0.4) is 0 Å². The molecule has 28 valence electrons. The van der Waals surface area contributed by atoms with Crippen molar-refractivity contribution < 1.29 is 4.79 Å². The zero-order valence-electron chi connectivity index (χ0n) is 2.69. The van der Waals surface area contributed by atoms with Crippen molar-refractivity contribution in [2.75, 3.05) is 0 Å². The van der Waals surface area contributed by atoms with E-state index in [-0.39, 0.29) is 59.1 Å². The summed E-state index contributed by atoms with van der Waals surface area (Å²) in [5.74, 6) is 0. The first-order valence-electron chi connectivity index (χ1n) is 1.35. The number of hydrogen-bond acceptors (Lipinski definition) is 1. The number of carbonyl (C=O) groups is 1. The molecule has 0 rings (SSSR count). The Labute approximate surface area is 82.5 Å². The Morgan fingerprint density at radius 2 is 1.67 bits per heavy atom. The van der Waals surface area contributed by atoms with Gasteiger partial charge < -0.3 is 4.79 Å². The van der Waals surface area contributed by atoms with Crippen molar-refractivity contribution >= 4 is 65.4 Å². The summed E-state index contributed by atoms with van der Waals surface area (Å²) >= 11 is 0. The van der Waals surface area contributed by atoms with E-state index in [1.54, 1.807) is 0 Å². The van der Waals surface area contributed by atoms with Gasteiger partial charge in [-0.15, -0.1) is 0 Å². The first kappa shape index (κ1) is 15.6. The van der Waals surface area contributed by atoms with Gasteiger partial charge in [0.05, 0.1) is 0 Å². The van der Waals surface area contributed by atoms with E-state index in [1.807, 2.05) is 6.92 Å².